The van der Waals surface area contributed by atoms with Crippen LogP contribution in [0.5, 0.6) is 0 Å². The summed E-state index contributed by atoms with van der Waals surface area (Å²) >= 11 is 0. The summed E-state index contributed by atoms with van der Waals surface area (Å²) in [6.07, 6.45) is 12.2. The van der Waals surface area contributed by atoms with Crippen LogP contribution in [-0.2, 0) is 9.53 Å². The van der Waals surface area contributed by atoms with Gasteiger partial charge in [-0.1, -0.05) is 43.5 Å². The standard InChI is InChI=1S/C26H28FNO2/c1-16-25-23(22-8-3-2-5-18(22)14-24(25)26(29)30-16)12-11-21-10-9-19(15-28-21)17-6-4-7-20(27)13-17/h4,6-7,9-13,15-16,18,22-25H,2-3,5,8,14H2,1H3/b12-11+/t16-,18-,22-,23-,24?,25-/m0/s1. The molecule has 0 amide bonds. The minimum absolute atomic E-state index is 0.00694. The van der Waals surface area contributed by atoms with Crippen LogP contribution >= 0.6 is 0 Å². The lowest BCUT2D eigenvalue weighted by Crippen LogP contribution is -2.42. The van der Waals surface area contributed by atoms with Crippen molar-refractivity contribution in [3.05, 3.63) is 60.2 Å². The lowest BCUT2D eigenvalue weighted by atomic mass is 9.57. The number of esters is 1. The fourth-order valence-electron chi connectivity index (χ4n) is 6.14. The second kappa shape index (κ2) is 7.98. The minimum atomic E-state index is -0.243. The van der Waals surface area contributed by atoms with Gasteiger partial charge in [-0.25, -0.2) is 4.39 Å². The van der Waals surface area contributed by atoms with Gasteiger partial charge in [0.2, 0.25) is 0 Å². The van der Waals surface area contributed by atoms with Crippen molar-refractivity contribution in [2.24, 2.45) is 29.6 Å². The number of fused-ring (bicyclic) bond motifs is 2. The van der Waals surface area contributed by atoms with Gasteiger partial charge in [0.25, 0.3) is 0 Å². The molecule has 1 aliphatic heterocycles. The highest BCUT2D eigenvalue weighted by Crippen LogP contribution is 2.53. The van der Waals surface area contributed by atoms with Gasteiger partial charge in [-0.3, -0.25) is 9.78 Å². The third kappa shape index (κ3) is 3.57. The summed E-state index contributed by atoms with van der Waals surface area (Å²) in [6, 6.07) is 10.5. The van der Waals surface area contributed by atoms with Gasteiger partial charge in [0, 0.05) is 17.7 Å². The molecule has 3 aliphatic rings. The van der Waals surface area contributed by atoms with Crippen LogP contribution in [0.3, 0.4) is 0 Å². The number of benzene rings is 1. The van der Waals surface area contributed by atoms with Crippen LogP contribution < -0.4 is 0 Å². The molecular weight excluding hydrogens is 377 g/mol. The molecule has 4 heteroatoms. The molecule has 2 aromatic rings. The number of ether oxygens (including phenoxy) is 1. The molecule has 1 saturated heterocycles. The molecule has 0 radical (unpaired) electrons. The van der Waals surface area contributed by atoms with E-state index >= 15 is 0 Å². The second-order valence-corrected chi connectivity index (χ2v) is 9.19. The van der Waals surface area contributed by atoms with Gasteiger partial charge in [-0.2, -0.15) is 0 Å². The average Bonchev–Trinajstić information content (AvgIpc) is 3.05. The molecular formula is C26H28FNO2. The van der Waals surface area contributed by atoms with Crippen molar-refractivity contribution >= 4 is 12.0 Å². The number of allylic oxidation sites excluding steroid dienone is 1. The molecule has 3 fully saturated rings. The van der Waals surface area contributed by atoms with E-state index in [9.17, 15) is 9.18 Å². The number of pyridine rings is 1. The molecule has 1 unspecified atom stereocenters. The zero-order valence-corrected chi connectivity index (χ0v) is 17.3. The van der Waals surface area contributed by atoms with Gasteiger partial charge < -0.3 is 4.74 Å². The molecule has 30 heavy (non-hydrogen) atoms. The molecule has 1 aromatic heterocycles. The number of aromatic nitrogens is 1. The molecule has 3 nitrogen and oxygen atoms in total. The highest BCUT2D eigenvalue weighted by Gasteiger charge is 2.53. The zero-order chi connectivity index (χ0) is 20.7. The van der Waals surface area contributed by atoms with E-state index < -0.39 is 0 Å². The summed E-state index contributed by atoms with van der Waals surface area (Å²) in [7, 11) is 0. The summed E-state index contributed by atoms with van der Waals surface area (Å²) in [5.41, 5.74) is 2.62. The smallest absolute Gasteiger partial charge is 0.309 e. The first kappa shape index (κ1) is 19.5. The molecule has 5 rings (SSSR count). The van der Waals surface area contributed by atoms with E-state index in [0.717, 1.165) is 23.2 Å². The van der Waals surface area contributed by atoms with Crippen molar-refractivity contribution in [1.82, 2.24) is 4.98 Å². The maximum atomic E-state index is 13.5. The summed E-state index contributed by atoms with van der Waals surface area (Å²) in [5, 5.41) is 0. The Morgan fingerprint density at radius 1 is 1.13 bits per heavy atom. The summed E-state index contributed by atoms with van der Waals surface area (Å²) in [6.45, 7) is 2.05. The highest BCUT2D eigenvalue weighted by atomic mass is 19.1. The monoisotopic (exact) mass is 405 g/mol. The fourth-order valence-corrected chi connectivity index (χ4v) is 6.14. The van der Waals surface area contributed by atoms with Gasteiger partial charge >= 0.3 is 5.97 Å². The molecule has 0 bridgehead atoms. The quantitative estimate of drug-likeness (QED) is 0.597. The Balaban J connectivity index is 1.39. The Kier molecular flexibility index (Phi) is 5.18. The highest BCUT2D eigenvalue weighted by molar-refractivity contribution is 5.75. The predicted molar refractivity (Wildman–Crippen MR) is 115 cm³/mol. The number of hydrogen-bond donors (Lipinski definition) is 0. The number of halogens is 1. The number of rotatable bonds is 3. The molecule has 156 valence electrons. The van der Waals surface area contributed by atoms with E-state index in [2.05, 4.69) is 24.1 Å². The molecule has 1 aromatic carbocycles. The lowest BCUT2D eigenvalue weighted by Gasteiger charge is -2.45. The number of cyclic esters (lactones) is 1. The van der Waals surface area contributed by atoms with Crippen LogP contribution in [0.1, 0.15) is 44.7 Å². The van der Waals surface area contributed by atoms with Gasteiger partial charge in [0.05, 0.1) is 11.6 Å². The molecule has 6 atom stereocenters. The molecule has 0 spiro atoms. The Morgan fingerprint density at radius 2 is 2.00 bits per heavy atom. The lowest BCUT2D eigenvalue weighted by molar-refractivity contribution is -0.144. The Hall–Kier alpha value is -2.49. The van der Waals surface area contributed by atoms with E-state index in [0.29, 0.717) is 17.8 Å². The maximum Gasteiger partial charge on any atom is 0.309 e. The number of carbonyl (C=O) groups excluding carboxylic acids is 1. The average molecular weight is 406 g/mol. The zero-order valence-electron chi connectivity index (χ0n) is 17.3. The third-order valence-corrected chi connectivity index (χ3v) is 7.51. The van der Waals surface area contributed by atoms with Crippen LogP contribution in [0.4, 0.5) is 4.39 Å². The summed E-state index contributed by atoms with van der Waals surface area (Å²) in [4.78, 5) is 17.0. The van der Waals surface area contributed by atoms with Gasteiger partial charge in [0.1, 0.15) is 11.9 Å². The molecule has 2 aliphatic carbocycles. The summed E-state index contributed by atoms with van der Waals surface area (Å²) in [5.74, 6) is 1.73. The van der Waals surface area contributed by atoms with E-state index in [1.54, 1.807) is 12.3 Å². The van der Waals surface area contributed by atoms with Crippen LogP contribution in [0.2, 0.25) is 0 Å². The van der Waals surface area contributed by atoms with Gasteiger partial charge in [-0.05, 0) is 67.4 Å². The molecule has 0 N–H and O–H groups in total. The Morgan fingerprint density at radius 3 is 2.80 bits per heavy atom. The first-order chi connectivity index (χ1) is 14.6. The first-order valence-corrected chi connectivity index (χ1v) is 11.2. The maximum absolute atomic E-state index is 13.5. The van der Waals surface area contributed by atoms with Crippen molar-refractivity contribution < 1.29 is 13.9 Å². The number of hydrogen-bond acceptors (Lipinski definition) is 3. The normalized spacial score (nSPS) is 33.2. The second-order valence-electron chi connectivity index (χ2n) is 9.19. The topological polar surface area (TPSA) is 39.2 Å². The molecule has 2 heterocycles. The van der Waals surface area contributed by atoms with Gasteiger partial charge in [-0.15, -0.1) is 0 Å². The number of nitrogens with zero attached hydrogens (tertiary/aromatic N) is 1. The Bertz CT molecular complexity index is 954. The van der Waals surface area contributed by atoms with E-state index in [-0.39, 0.29) is 29.7 Å². The van der Waals surface area contributed by atoms with Crippen LogP contribution in [0.15, 0.2) is 48.7 Å². The van der Waals surface area contributed by atoms with Crippen molar-refractivity contribution in [2.75, 3.05) is 0 Å². The van der Waals surface area contributed by atoms with Gasteiger partial charge in [0.15, 0.2) is 0 Å². The van der Waals surface area contributed by atoms with Crippen LogP contribution in [0.25, 0.3) is 17.2 Å². The largest absolute Gasteiger partial charge is 0.462 e. The predicted octanol–water partition coefficient (Wildman–Crippen LogP) is 5.90. The summed E-state index contributed by atoms with van der Waals surface area (Å²) < 4.78 is 19.1. The third-order valence-electron chi connectivity index (χ3n) is 7.51. The SMILES string of the molecule is C[C@@H]1OC(=O)C2C[C@@H]3CCCC[C@@H]3[C@H](/C=C/c3ccc(-c4cccc(F)c4)cn3)[C@@H]21. The van der Waals surface area contributed by atoms with Crippen molar-refractivity contribution in [2.45, 2.75) is 45.1 Å². The fraction of sp³-hybridized carbons (Fsp3) is 0.462. The van der Waals surface area contributed by atoms with Crippen LogP contribution in [0, 0.1) is 35.4 Å². The van der Waals surface area contributed by atoms with E-state index in [1.807, 2.05) is 18.2 Å². The Labute approximate surface area is 177 Å². The van der Waals surface area contributed by atoms with Crippen molar-refractivity contribution in [3.63, 3.8) is 0 Å². The van der Waals surface area contributed by atoms with E-state index in [1.165, 1.54) is 37.8 Å². The first-order valence-electron chi connectivity index (χ1n) is 11.2. The van der Waals surface area contributed by atoms with Crippen LogP contribution in [-0.4, -0.2) is 17.1 Å². The van der Waals surface area contributed by atoms with Crippen molar-refractivity contribution in [1.29, 1.82) is 0 Å². The van der Waals surface area contributed by atoms with E-state index in [4.69, 9.17) is 4.74 Å². The minimum Gasteiger partial charge on any atom is -0.462 e. The number of carbonyl (C=O) groups is 1. The molecule has 2 saturated carbocycles. The van der Waals surface area contributed by atoms with Crippen molar-refractivity contribution in [3.8, 4) is 11.1 Å².